The second kappa shape index (κ2) is 4.22. The van der Waals surface area contributed by atoms with Gasteiger partial charge in [0.1, 0.15) is 0 Å². The standard InChI is InChI=1S/C13H25N/c1-3-12-4-6-13(7-5-12)8-9-14-10-11(13)2/h11-12,14H,3-10H2,1-2H3. The molecule has 1 heterocycles. The second-order valence-electron chi connectivity index (χ2n) is 5.57. The van der Waals surface area contributed by atoms with Gasteiger partial charge in [0.05, 0.1) is 0 Å². The van der Waals surface area contributed by atoms with Crippen LogP contribution in [-0.4, -0.2) is 13.1 Å². The molecule has 14 heavy (non-hydrogen) atoms. The third-order valence-corrected chi connectivity index (χ3v) is 4.97. The van der Waals surface area contributed by atoms with E-state index in [2.05, 4.69) is 19.2 Å². The monoisotopic (exact) mass is 195 g/mol. The van der Waals surface area contributed by atoms with Crippen LogP contribution >= 0.6 is 0 Å². The molecular weight excluding hydrogens is 170 g/mol. The zero-order chi connectivity index (χ0) is 10.0. The van der Waals surface area contributed by atoms with Gasteiger partial charge in [0, 0.05) is 0 Å². The second-order valence-corrected chi connectivity index (χ2v) is 5.57. The Kier molecular flexibility index (Phi) is 3.16. The molecule has 1 nitrogen and oxygen atoms in total. The molecule has 2 fully saturated rings. The number of hydrogen-bond donors (Lipinski definition) is 1. The summed E-state index contributed by atoms with van der Waals surface area (Å²) in [7, 11) is 0. The van der Waals surface area contributed by atoms with Crippen LogP contribution in [0.15, 0.2) is 0 Å². The first-order chi connectivity index (χ1) is 6.77. The quantitative estimate of drug-likeness (QED) is 0.677. The van der Waals surface area contributed by atoms with Crippen molar-refractivity contribution in [2.24, 2.45) is 17.3 Å². The Morgan fingerprint density at radius 1 is 1.21 bits per heavy atom. The Bertz CT molecular complexity index is 180. The first-order valence-electron chi connectivity index (χ1n) is 6.47. The molecule has 1 saturated heterocycles. The van der Waals surface area contributed by atoms with E-state index in [9.17, 15) is 0 Å². The SMILES string of the molecule is CCC1CCC2(CCNCC2C)CC1. The van der Waals surface area contributed by atoms with Crippen LogP contribution < -0.4 is 5.32 Å². The van der Waals surface area contributed by atoms with Crippen molar-refractivity contribution >= 4 is 0 Å². The summed E-state index contributed by atoms with van der Waals surface area (Å²) in [5.41, 5.74) is 0.733. The predicted octanol–water partition coefficient (Wildman–Crippen LogP) is 3.20. The van der Waals surface area contributed by atoms with Crippen LogP contribution in [-0.2, 0) is 0 Å². The minimum absolute atomic E-state index is 0.733. The van der Waals surface area contributed by atoms with Gasteiger partial charge in [0.25, 0.3) is 0 Å². The van der Waals surface area contributed by atoms with E-state index in [-0.39, 0.29) is 0 Å². The normalized spacial score (nSPS) is 44.1. The summed E-state index contributed by atoms with van der Waals surface area (Å²) in [4.78, 5) is 0. The van der Waals surface area contributed by atoms with Crippen LogP contribution in [0.25, 0.3) is 0 Å². The van der Waals surface area contributed by atoms with Gasteiger partial charge in [-0.3, -0.25) is 0 Å². The van der Waals surface area contributed by atoms with Crippen LogP contribution in [0.2, 0.25) is 0 Å². The predicted molar refractivity (Wildman–Crippen MR) is 61.3 cm³/mol. The van der Waals surface area contributed by atoms with Gasteiger partial charge >= 0.3 is 0 Å². The minimum Gasteiger partial charge on any atom is -0.316 e. The van der Waals surface area contributed by atoms with Crippen molar-refractivity contribution < 1.29 is 0 Å². The van der Waals surface area contributed by atoms with E-state index >= 15 is 0 Å². The maximum Gasteiger partial charge on any atom is -0.00178 e. The van der Waals surface area contributed by atoms with Crippen molar-refractivity contribution in [2.45, 2.75) is 52.4 Å². The van der Waals surface area contributed by atoms with Gasteiger partial charge in [0.2, 0.25) is 0 Å². The van der Waals surface area contributed by atoms with E-state index in [1.807, 2.05) is 0 Å². The number of nitrogens with one attached hydrogen (secondary N) is 1. The van der Waals surface area contributed by atoms with Crippen LogP contribution in [0, 0.1) is 17.3 Å². The van der Waals surface area contributed by atoms with E-state index < -0.39 is 0 Å². The molecule has 1 atom stereocenters. The average Bonchev–Trinajstić information content (AvgIpc) is 2.24. The summed E-state index contributed by atoms with van der Waals surface area (Å²) in [5.74, 6) is 1.96. The highest BCUT2D eigenvalue weighted by Crippen LogP contribution is 2.48. The van der Waals surface area contributed by atoms with Crippen LogP contribution in [0.1, 0.15) is 52.4 Å². The zero-order valence-electron chi connectivity index (χ0n) is 9.81. The molecule has 2 rings (SSSR count). The zero-order valence-corrected chi connectivity index (χ0v) is 9.81. The van der Waals surface area contributed by atoms with Gasteiger partial charge in [-0.1, -0.05) is 20.3 Å². The van der Waals surface area contributed by atoms with Crippen molar-refractivity contribution in [3.05, 3.63) is 0 Å². The Balaban J connectivity index is 1.96. The summed E-state index contributed by atoms with van der Waals surface area (Å²) in [6.07, 6.45) is 8.86. The average molecular weight is 195 g/mol. The van der Waals surface area contributed by atoms with Crippen molar-refractivity contribution in [2.75, 3.05) is 13.1 Å². The maximum atomic E-state index is 3.53. The molecular formula is C13H25N. The lowest BCUT2D eigenvalue weighted by molar-refractivity contribution is 0.0496. The highest BCUT2D eigenvalue weighted by Gasteiger charge is 2.40. The topological polar surface area (TPSA) is 12.0 Å². The third-order valence-electron chi connectivity index (χ3n) is 4.97. The summed E-state index contributed by atoms with van der Waals surface area (Å²) >= 11 is 0. The smallest absolute Gasteiger partial charge is 0.00178 e. The molecule has 0 bridgehead atoms. The van der Waals surface area contributed by atoms with Crippen molar-refractivity contribution in [1.82, 2.24) is 5.32 Å². The molecule has 1 aliphatic heterocycles. The van der Waals surface area contributed by atoms with Crippen LogP contribution in [0.5, 0.6) is 0 Å². The Labute approximate surface area is 88.7 Å². The van der Waals surface area contributed by atoms with Gasteiger partial charge in [0.15, 0.2) is 0 Å². The van der Waals surface area contributed by atoms with E-state index in [0.717, 1.165) is 17.3 Å². The molecule has 1 heteroatoms. The first-order valence-corrected chi connectivity index (χ1v) is 6.47. The number of rotatable bonds is 1. The van der Waals surface area contributed by atoms with E-state index in [1.54, 1.807) is 0 Å². The van der Waals surface area contributed by atoms with E-state index in [0.29, 0.717) is 0 Å². The fourth-order valence-corrected chi connectivity index (χ4v) is 3.52. The van der Waals surface area contributed by atoms with Crippen molar-refractivity contribution in [3.8, 4) is 0 Å². The summed E-state index contributed by atoms with van der Waals surface area (Å²) in [5, 5.41) is 3.53. The molecule has 0 radical (unpaired) electrons. The molecule has 0 aromatic heterocycles. The fraction of sp³-hybridized carbons (Fsp3) is 1.00. The Morgan fingerprint density at radius 3 is 2.50 bits per heavy atom. The van der Waals surface area contributed by atoms with Gasteiger partial charge in [-0.15, -0.1) is 0 Å². The summed E-state index contributed by atoms with van der Waals surface area (Å²) < 4.78 is 0. The molecule has 1 saturated carbocycles. The number of piperidine rings is 1. The summed E-state index contributed by atoms with van der Waals surface area (Å²) in [6.45, 7) is 7.34. The maximum absolute atomic E-state index is 3.53. The number of hydrogen-bond acceptors (Lipinski definition) is 1. The summed E-state index contributed by atoms with van der Waals surface area (Å²) in [6, 6.07) is 0. The van der Waals surface area contributed by atoms with Gasteiger partial charge in [-0.05, 0) is 62.4 Å². The van der Waals surface area contributed by atoms with Crippen molar-refractivity contribution in [3.63, 3.8) is 0 Å². The molecule has 1 aliphatic carbocycles. The first kappa shape index (κ1) is 10.5. The highest BCUT2D eigenvalue weighted by atomic mass is 14.9. The van der Waals surface area contributed by atoms with Gasteiger partial charge < -0.3 is 5.32 Å². The lowest BCUT2D eigenvalue weighted by Crippen LogP contribution is -2.45. The minimum atomic E-state index is 0.733. The van der Waals surface area contributed by atoms with E-state index in [4.69, 9.17) is 0 Å². The molecule has 1 spiro atoms. The van der Waals surface area contributed by atoms with Crippen LogP contribution in [0.4, 0.5) is 0 Å². The third kappa shape index (κ3) is 1.84. The van der Waals surface area contributed by atoms with Crippen LogP contribution in [0.3, 0.4) is 0 Å². The largest absolute Gasteiger partial charge is 0.316 e. The van der Waals surface area contributed by atoms with Gasteiger partial charge in [-0.25, -0.2) is 0 Å². The molecule has 0 aromatic rings. The molecule has 2 aliphatic rings. The molecule has 82 valence electrons. The Morgan fingerprint density at radius 2 is 1.93 bits per heavy atom. The molecule has 1 N–H and O–H groups in total. The molecule has 0 aromatic carbocycles. The van der Waals surface area contributed by atoms with Crippen molar-refractivity contribution in [1.29, 1.82) is 0 Å². The van der Waals surface area contributed by atoms with E-state index in [1.165, 1.54) is 51.6 Å². The highest BCUT2D eigenvalue weighted by molar-refractivity contribution is 4.92. The molecule has 0 amide bonds. The fourth-order valence-electron chi connectivity index (χ4n) is 3.52. The Hall–Kier alpha value is -0.0400. The lowest BCUT2D eigenvalue weighted by Gasteiger charge is -2.47. The molecule has 1 unspecified atom stereocenters. The lowest BCUT2D eigenvalue weighted by atomic mass is 9.61. The van der Waals surface area contributed by atoms with Gasteiger partial charge in [-0.2, -0.15) is 0 Å².